The largest absolute Gasteiger partial charge is 0.491 e. The molecule has 0 spiro atoms. The van der Waals surface area contributed by atoms with Gasteiger partial charge in [0.1, 0.15) is 12.4 Å². The maximum Gasteiger partial charge on any atom is 0.255 e. The fourth-order valence-corrected chi connectivity index (χ4v) is 2.44. The van der Waals surface area contributed by atoms with Gasteiger partial charge in [-0.05, 0) is 42.8 Å². The molecule has 2 aromatic rings. The number of hydrogen-bond acceptors (Lipinski definition) is 5. The van der Waals surface area contributed by atoms with Gasteiger partial charge in [-0.15, -0.1) is 0 Å². The lowest BCUT2D eigenvalue weighted by Crippen LogP contribution is -2.26. The average molecular weight is 386 g/mol. The highest BCUT2D eigenvalue weighted by Crippen LogP contribution is 2.18. The van der Waals surface area contributed by atoms with Crippen molar-refractivity contribution in [3.05, 3.63) is 59.7 Å². The number of anilines is 1. The Morgan fingerprint density at radius 2 is 1.57 bits per heavy atom. The third-order valence-corrected chi connectivity index (χ3v) is 3.90. The number of hydrogen-bond donors (Lipinski definition) is 2. The summed E-state index contributed by atoms with van der Waals surface area (Å²) in [5.41, 5.74) is 1.33. The van der Waals surface area contributed by atoms with E-state index in [1.54, 1.807) is 62.8 Å². The third kappa shape index (κ3) is 6.68. The van der Waals surface area contributed by atoms with Crippen molar-refractivity contribution in [2.75, 3.05) is 45.9 Å². The van der Waals surface area contributed by atoms with E-state index < -0.39 is 0 Å². The van der Waals surface area contributed by atoms with Crippen molar-refractivity contribution in [2.24, 2.45) is 0 Å². The van der Waals surface area contributed by atoms with Gasteiger partial charge in [0.2, 0.25) is 0 Å². The van der Waals surface area contributed by atoms with Gasteiger partial charge < -0.3 is 24.8 Å². The summed E-state index contributed by atoms with van der Waals surface area (Å²) in [5.74, 6) is 0.112. The van der Waals surface area contributed by atoms with Crippen molar-refractivity contribution in [3.8, 4) is 5.75 Å². The van der Waals surface area contributed by atoms with E-state index in [1.807, 2.05) is 0 Å². The van der Waals surface area contributed by atoms with Gasteiger partial charge in [0, 0.05) is 32.9 Å². The van der Waals surface area contributed by atoms with Gasteiger partial charge >= 0.3 is 0 Å². The second kappa shape index (κ2) is 11.7. The van der Waals surface area contributed by atoms with Gasteiger partial charge in [-0.25, -0.2) is 0 Å². The molecule has 0 radical (unpaired) electrons. The quantitative estimate of drug-likeness (QED) is 0.580. The number of amides is 2. The molecule has 0 atom stereocenters. The molecule has 0 fully saturated rings. The fourth-order valence-electron chi connectivity index (χ4n) is 2.44. The minimum Gasteiger partial charge on any atom is -0.491 e. The van der Waals surface area contributed by atoms with Crippen molar-refractivity contribution in [1.29, 1.82) is 0 Å². The molecular formula is C21H26N2O5. The van der Waals surface area contributed by atoms with Crippen LogP contribution in [-0.4, -0.2) is 52.4 Å². The molecule has 0 unspecified atom stereocenters. The molecule has 0 saturated carbocycles. The number of nitrogens with one attached hydrogen (secondary N) is 2. The van der Waals surface area contributed by atoms with E-state index in [1.165, 1.54) is 0 Å². The molecule has 150 valence electrons. The molecule has 2 N–H and O–H groups in total. The predicted octanol–water partition coefficient (Wildman–Crippen LogP) is 2.73. The minimum atomic E-state index is -0.303. The number of ether oxygens (including phenoxy) is 3. The Labute approximate surface area is 165 Å². The van der Waals surface area contributed by atoms with E-state index in [-0.39, 0.29) is 11.8 Å². The van der Waals surface area contributed by atoms with Crippen LogP contribution in [0.25, 0.3) is 0 Å². The SMILES string of the molecule is COCCCNC(=O)c1ccccc1NC(=O)c1ccc(OCCOC)cc1. The Morgan fingerprint density at radius 3 is 2.29 bits per heavy atom. The van der Waals surface area contributed by atoms with Crippen molar-refractivity contribution in [2.45, 2.75) is 6.42 Å². The van der Waals surface area contributed by atoms with Crippen LogP contribution < -0.4 is 15.4 Å². The van der Waals surface area contributed by atoms with Crippen molar-refractivity contribution in [1.82, 2.24) is 5.32 Å². The molecule has 0 bridgehead atoms. The van der Waals surface area contributed by atoms with Crippen LogP contribution in [0.2, 0.25) is 0 Å². The lowest BCUT2D eigenvalue weighted by atomic mass is 10.1. The number of benzene rings is 2. The summed E-state index contributed by atoms with van der Waals surface area (Å²) in [6.07, 6.45) is 0.718. The lowest BCUT2D eigenvalue weighted by Gasteiger charge is -2.12. The van der Waals surface area contributed by atoms with E-state index in [0.717, 1.165) is 6.42 Å². The topological polar surface area (TPSA) is 85.9 Å². The van der Waals surface area contributed by atoms with Gasteiger partial charge in [-0.1, -0.05) is 12.1 Å². The number of carbonyl (C=O) groups excluding carboxylic acids is 2. The first-order chi connectivity index (χ1) is 13.7. The van der Waals surface area contributed by atoms with Crippen LogP contribution in [0, 0.1) is 0 Å². The van der Waals surface area contributed by atoms with Gasteiger partial charge in [-0.2, -0.15) is 0 Å². The van der Waals surface area contributed by atoms with E-state index in [2.05, 4.69) is 10.6 Å². The van der Waals surface area contributed by atoms with Crippen molar-refractivity contribution in [3.63, 3.8) is 0 Å². The third-order valence-electron chi connectivity index (χ3n) is 3.90. The summed E-state index contributed by atoms with van der Waals surface area (Å²) < 4.78 is 15.4. The van der Waals surface area contributed by atoms with E-state index >= 15 is 0 Å². The number of methoxy groups -OCH3 is 2. The molecule has 0 heterocycles. The van der Waals surface area contributed by atoms with Crippen LogP contribution in [-0.2, 0) is 9.47 Å². The summed E-state index contributed by atoms with van der Waals surface area (Å²) in [7, 11) is 3.22. The van der Waals surface area contributed by atoms with Crippen molar-refractivity contribution < 1.29 is 23.8 Å². The summed E-state index contributed by atoms with van der Waals surface area (Å²) in [6.45, 7) is 2.00. The monoisotopic (exact) mass is 386 g/mol. The normalized spacial score (nSPS) is 10.4. The molecule has 0 aliphatic carbocycles. The van der Waals surface area contributed by atoms with E-state index in [4.69, 9.17) is 14.2 Å². The van der Waals surface area contributed by atoms with Crippen LogP contribution in [0.3, 0.4) is 0 Å². The second-order valence-corrected chi connectivity index (χ2v) is 5.97. The molecule has 2 amide bonds. The zero-order chi connectivity index (χ0) is 20.2. The van der Waals surface area contributed by atoms with Crippen molar-refractivity contribution >= 4 is 17.5 Å². The molecule has 2 aromatic carbocycles. The molecule has 0 aromatic heterocycles. The summed E-state index contributed by atoms with van der Waals surface area (Å²) in [6, 6.07) is 13.7. The Kier molecular flexibility index (Phi) is 8.97. The van der Waals surface area contributed by atoms with E-state index in [0.29, 0.717) is 48.9 Å². The first-order valence-electron chi connectivity index (χ1n) is 9.05. The Bertz CT molecular complexity index is 762. The number of rotatable bonds is 11. The zero-order valence-electron chi connectivity index (χ0n) is 16.2. The molecule has 0 aliphatic rings. The van der Waals surface area contributed by atoms with Crippen LogP contribution in [0.5, 0.6) is 5.75 Å². The maximum absolute atomic E-state index is 12.5. The summed E-state index contributed by atoms with van der Waals surface area (Å²) in [5, 5.41) is 5.62. The van der Waals surface area contributed by atoms with E-state index in [9.17, 15) is 9.59 Å². The molecular weight excluding hydrogens is 360 g/mol. The van der Waals surface area contributed by atoms with Crippen LogP contribution >= 0.6 is 0 Å². The smallest absolute Gasteiger partial charge is 0.255 e. The predicted molar refractivity (Wildman–Crippen MR) is 107 cm³/mol. The van der Waals surface area contributed by atoms with Gasteiger partial charge in [0.15, 0.2) is 0 Å². The molecule has 0 saturated heterocycles. The Balaban J connectivity index is 1.99. The second-order valence-electron chi connectivity index (χ2n) is 5.97. The lowest BCUT2D eigenvalue weighted by molar-refractivity contribution is 0.0949. The van der Waals surface area contributed by atoms with Crippen LogP contribution in [0.15, 0.2) is 48.5 Å². The van der Waals surface area contributed by atoms with Crippen LogP contribution in [0.1, 0.15) is 27.1 Å². The minimum absolute atomic E-state index is 0.242. The zero-order valence-corrected chi connectivity index (χ0v) is 16.2. The first-order valence-corrected chi connectivity index (χ1v) is 9.05. The number of carbonyl (C=O) groups is 2. The molecule has 7 heteroatoms. The van der Waals surface area contributed by atoms with Gasteiger partial charge in [0.05, 0.1) is 17.9 Å². The van der Waals surface area contributed by atoms with Crippen LogP contribution in [0.4, 0.5) is 5.69 Å². The highest BCUT2D eigenvalue weighted by Gasteiger charge is 2.14. The Morgan fingerprint density at radius 1 is 0.857 bits per heavy atom. The van der Waals surface area contributed by atoms with Gasteiger partial charge in [0.25, 0.3) is 11.8 Å². The van der Waals surface area contributed by atoms with Gasteiger partial charge in [-0.3, -0.25) is 9.59 Å². The number of para-hydroxylation sites is 1. The highest BCUT2D eigenvalue weighted by molar-refractivity contribution is 6.09. The first kappa shape index (κ1) is 21.4. The molecule has 28 heavy (non-hydrogen) atoms. The fraction of sp³-hybridized carbons (Fsp3) is 0.333. The molecule has 7 nitrogen and oxygen atoms in total. The molecule has 2 rings (SSSR count). The molecule has 0 aliphatic heterocycles. The highest BCUT2D eigenvalue weighted by atomic mass is 16.5. The maximum atomic E-state index is 12.5. The summed E-state index contributed by atoms with van der Waals surface area (Å²) in [4.78, 5) is 24.9. The Hall–Kier alpha value is -2.90. The average Bonchev–Trinajstić information content (AvgIpc) is 2.72. The standard InChI is InChI=1S/C21H26N2O5/c1-26-13-5-12-22-21(25)18-6-3-4-7-19(18)23-20(24)16-8-10-17(11-9-16)28-15-14-27-2/h3-4,6-11H,5,12-15H2,1-2H3,(H,22,25)(H,23,24). The summed E-state index contributed by atoms with van der Waals surface area (Å²) >= 11 is 0.